The Kier molecular flexibility index (Phi) is 5.09. The van der Waals surface area contributed by atoms with Gasteiger partial charge in [0.25, 0.3) is 0 Å². The molecule has 0 spiro atoms. The molecule has 0 radical (unpaired) electrons. The van der Waals surface area contributed by atoms with Crippen LogP contribution in [0.2, 0.25) is 5.02 Å². The fourth-order valence-corrected chi connectivity index (χ4v) is 3.47. The van der Waals surface area contributed by atoms with E-state index in [-0.39, 0.29) is 11.8 Å². The van der Waals surface area contributed by atoms with Crippen molar-refractivity contribution in [1.29, 1.82) is 0 Å². The highest BCUT2D eigenvalue weighted by molar-refractivity contribution is 6.30. The molecule has 25 heavy (non-hydrogen) atoms. The highest BCUT2D eigenvalue weighted by Crippen LogP contribution is 2.44. The van der Waals surface area contributed by atoms with Gasteiger partial charge in [0.2, 0.25) is 11.8 Å². The summed E-state index contributed by atoms with van der Waals surface area (Å²) in [5, 5.41) is 6.45. The fourth-order valence-electron chi connectivity index (χ4n) is 3.28. The van der Waals surface area contributed by atoms with Gasteiger partial charge in [-0.05, 0) is 48.2 Å². The van der Waals surface area contributed by atoms with Crippen LogP contribution in [-0.4, -0.2) is 11.8 Å². The van der Waals surface area contributed by atoms with Crippen molar-refractivity contribution in [2.24, 2.45) is 0 Å². The van der Waals surface area contributed by atoms with Gasteiger partial charge in [-0.3, -0.25) is 9.59 Å². The van der Waals surface area contributed by atoms with Gasteiger partial charge in [-0.25, -0.2) is 0 Å². The van der Waals surface area contributed by atoms with Crippen molar-refractivity contribution in [3.8, 4) is 0 Å². The van der Waals surface area contributed by atoms with Crippen molar-refractivity contribution < 1.29 is 9.59 Å². The second-order valence-electron chi connectivity index (χ2n) is 6.51. The molecular weight excluding hydrogens is 336 g/mol. The lowest BCUT2D eigenvalue weighted by atomic mass is 9.64. The summed E-state index contributed by atoms with van der Waals surface area (Å²) < 4.78 is 0. The second-order valence-corrected chi connectivity index (χ2v) is 6.95. The molecule has 5 heteroatoms. The van der Waals surface area contributed by atoms with E-state index in [9.17, 15) is 9.59 Å². The summed E-state index contributed by atoms with van der Waals surface area (Å²) in [5.74, 6) is -0.0819. The van der Waals surface area contributed by atoms with Gasteiger partial charge in [0, 0.05) is 24.2 Å². The van der Waals surface area contributed by atoms with Crippen LogP contribution in [0.15, 0.2) is 48.5 Å². The van der Waals surface area contributed by atoms with Crippen LogP contribution in [0.25, 0.3) is 0 Å². The van der Waals surface area contributed by atoms with Crippen LogP contribution in [0.5, 0.6) is 0 Å². The molecule has 4 nitrogen and oxygen atoms in total. The van der Waals surface area contributed by atoms with Gasteiger partial charge in [-0.1, -0.05) is 42.3 Å². The number of rotatable bonds is 5. The molecule has 1 aliphatic carbocycles. The van der Waals surface area contributed by atoms with Crippen LogP contribution in [0.1, 0.15) is 37.3 Å². The zero-order valence-corrected chi connectivity index (χ0v) is 14.9. The van der Waals surface area contributed by atoms with Crippen LogP contribution in [-0.2, 0) is 21.5 Å². The molecule has 2 amide bonds. The Labute approximate surface area is 152 Å². The van der Waals surface area contributed by atoms with Gasteiger partial charge >= 0.3 is 0 Å². The van der Waals surface area contributed by atoms with Crippen LogP contribution < -0.4 is 10.6 Å². The number of hydrogen-bond donors (Lipinski definition) is 2. The standard InChI is InChI=1S/C20H21ClN2O2/c1-14(24)23-18-8-2-5-15(11-18)13-22-19(25)20(9-4-10-20)16-6-3-7-17(21)12-16/h2-3,5-8,11-12H,4,9-10,13H2,1H3,(H,22,25)(H,23,24). The number of benzene rings is 2. The molecule has 0 bridgehead atoms. The quantitative estimate of drug-likeness (QED) is 0.849. The first-order valence-corrected chi connectivity index (χ1v) is 8.78. The zero-order valence-electron chi connectivity index (χ0n) is 14.1. The molecule has 0 saturated heterocycles. The van der Waals surface area contributed by atoms with Crippen LogP contribution >= 0.6 is 11.6 Å². The van der Waals surface area contributed by atoms with E-state index in [0.717, 1.165) is 36.1 Å². The summed E-state index contributed by atoms with van der Waals surface area (Å²) in [4.78, 5) is 24.0. The largest absolute Gasteiger partial charge is 0.351 e. The van der Waals surface area contributed by atoms with E-state index in [0.29, 0.717) is 11.6 Å². The highest BCUT2D eigenvalue weighted by atomic mass is 35.5. The third-order valence-corrected chi connectivity index (χ3v) is 4.95. The van der Waals surface area contributed by atoms with E-state index in [1.165, 1.54) is 6.92 Å². The Morgan fingerprint density at radius 3 is 2.52 bits per heavy atom. The number of anilines is 1. The van der Waals surface area contributed by atoms with E-state index < -0.39 is 5.41 Å². The van der Waals surface area contributed by atoms with Crippen molar-refractivity contribution >= 4 is 29.1 Å². The average Bonchev–Trinajstić information content (AvgIpc) is 2.52. The molecule has 1 fully saturated rings. The van der Waals surface area contributed by atoms with Crippen molar-refractivity contribution in [3.63, 3.8) is 0 Å². The summed E-state index contributed by atoms with van der Waals surface area (Å²) in [6.45, 7) is 1.90. The third kappa shape index (κ3) is 3.85. The van der Waals surface area contributed by atoms with E-state index in [1.807, 2.05) is 48.5 Å². The number of carbonyl (C=O) groups is 2. The Morgan fingerprint density at radius 2 is 1.88 bits per heavy atom. The van der Waals surface area contributed by atoms with Crippen molar-refractivity contribution in [2.45, 2.75) is 38.1 Å². The Morgan fingerprint density at radius 1 is 1.12 bits per heavy atom. The first-order chi connectivity index (χ1) is 12.0. The van der Waals surface area contributed by atoms with Gasteiger partial charge in [-0.15, -0.1) is 0 Å². The smallest absolute Gasteiger partial charge is 0.230 e. The molecule has 1 aliphatic rings. The summed E-state index contributed by atoms with van der Waals surface area (Å²) in [5.41, 5.74) is 2.18. The van der Waals surface area contributed by atoms with Crippen molar-refractivity contribution in [3.05, 3.63) is 64.7 Å². The Hall–Kier alpha value is -2.33. The van der Waals surface area contributed by atoms with Crippen molar-refractivity contribution in [2.75, 3.05) is 5.32 Å². The third-order valence-electron chi connectivity index (χ3n) is 4.72. The number of carbonyl (C=O) groups excluding carboxylic acids is 2. The summed E-state index contributed by atoms with van der Waals surface area (Å²) >= 11 is 6.10. The van der Waals surface area contributed by atoms with Gasteiger partial charge in [0.15, 0.2) is 0 Å². The maximum atomic E-state index is 12.9. The van der Waals surface area contributed by atoms with Gasteiger partial charge < -0.3 is 10.6 Å². The SMILES string of the molecule is CC(=O)Nc1cccc(CNC(=O)C2(c3cccc(Cl)c3)CCC2)c1. The minimum Gasteiger partial charge on any atom is -0.351 e. The first kappa shape index (κ1) is 17.5. The number of hydrogen-bond acceptors (Lipinski definition) is 2. The first-order valence-electron chi connectivity index (χ1n) is 8.40. The van der Waals surface area contributed by atoms with E-state index in [2.05, 4.69) is 10.6 Å². The van der Waals surface area contributed by atoms with Crippen molar-refractivity contribution in [1.82, 2.24) is 5.32 Å². The molecule has 3 rings (SSSR count). The number of nitrogens with one attached hydrogen (secondary N) is 2. The minimum absolute atomic E-state index is 0.0333. The molecule has 1 saturated carbocycles. The summed E-state index contributed by atoms with van der Waals surface area (Å²) in [7, 11) is 0. The highest BCUT2D eigenvalue weighted by Gasteiger charge is 2.45. The monoisotopic (exact) mass is 356 g/mol. The maximum absolute atomic E-state index is 12.9. The molecule has 0 atom stereocenters. The summed E-state index contributed by atoms with van der Waals surface area (Å²) in [6.07, 6.45) is 2.72. The minimum atomic E-state index is -0.472. The Balaban J connectivity index is 1.70. The van der Waals surface area contributed by atoms with E-state index >= 15 is 0 Å². The molecule has 2 aromatic carbocycles. The van der Waals surface area contributed by atoms with Crippen LogP contribution in [0, 0.1) is 0 Å². The normalized spacial score (nSPS) is 15.1. The summed E-state index contributed by atoms with van der Waals surface area (Å²) in [6, 6.07) is 15.1. The van der Waals surface area contributed by atoms with Crippen LogP contribution in [0.3, 0.4) is 0 Å². The molecule has 130 valence electrons. The molecule has 0 heterocycles. The Bertz CT molecular complexity index is 800. The average molecular weight is 357 g/mol. The number of halogens is 1. The lowest BCUT2D eigenvalue weighted by molar-refractivity contribution is -0.130. The van der Waals surface area contributed by atoms with Crippen LogP contribution in [0.4, 0.5) is 5.69 Å². The topological polar surface area (TPSA) is 58.2 Å². The molecule has 2 aromatic rings. The molecule has 2 N–H and O–H groups in total. The number of amides is 2. The molecule has 0 aromatic heterocycles. The maximum Gasteiger partial charge on any atom is 0.230 e. The van der Waals surface area contributed by atoms with Gasteiger partial charge in [0.05, 0.1) is 5.41 Å². The van der Waals surface area contributed by atoms with E-state index in [4.69, 9.17) is 11.6 Å². The van der Waals surface area contributed by atoms with Gasteiger partial charge in [-0.2, -0.15) is 0 Å². The molecular formula is C20H21ClN2O2. The zero-order chi connectivity index (χ0) is 17.9. The second kappa shape index (κ2) is 7.28. The fraction of sp³-hybridized carbons (Fsp3) is 0.300. The predicted octanol–water partition coefficient (Wildman–Crippen LogP) is 4.04. The van der Waals surface area contributed by atoms with Gasteiger partial charge in [0.1, 0.15) is 0 Å². The molecule has 0 aliphatic heterocycles. The lowest BCUT2D eigenvalue weighted by Gasteiger charge is -2.40. The van der Waals surface area contributed by atoms with E-state index in [1.54, 1.807) is 0 Å². The predicted molar refractivity (Wildman–Crippen MR) is 99.6 cm³/mol. The molecule has 0 unspecified atom stereocenters. The lowest BCUT2D eigenvalue weighted by Crippen LogP contribution is -2.49.